The van der Waals surface area contributed by atoms with Crippen molar-refractivity contribution in [3.63, 3.8) is 0 Å². The van der Waals surface area contributed by atoms with Crippen LogP contribution >= 0.6 is 12.8 Å². The van der Waals surface area contributed by atoms with E-state index in [2.05, 4.69) is 33.6 Å². The molecule has 0 aromatic carbocycles. The summed E-state index contributed by atoms with van der Waals surface area (Å²) in [5.74, 6) is -0.487. The van der Waals surface area contributed by atoms with Gasteiger partial charge in [-0.15, -0.1) is 0 Å². The molecule has 3 radical (unpaired) electrons. The average Bonchev–Trinajstić information content (AvgIpc) is 2.57. The average molecular weight is 379 g/mol. The standard InChI is InChI=1S/C19H37B2N2O2S/c1-9-12-18(4,5)15(17(25)23(20)21-8)13-16(24)22(26)19(6,7)14(10-2)11-3/h14-15,26H,9-13H2,1-8H3. The summed E-state index contributed by atoms with van der Waals surface area (Å²) < 4.78 is 2.63. The number of thiol groups is 1. The minimum atomic E-state index is -0.483. The van der Waals surface area contributed by atoms with Gasteiger partial charge in [0.15, 0.2) is 0 Å². The zero-order chi connectivity index (χ0) is 20.7. The highest BCUT2D eigenvalue weighted by molar-refractivity contribution is 7.78. The van der Waals surface area contributed by atoms with E-state index in [-0.39, 0.29) is 29.2 Å². The van der Waals surface area contributed by atoms with Gasteiger partial charge < -0.3 is 4.72 Å². The Balaban J connectivity index is 5.57. The first-order valence-corrected chi connectivity index (χ1v) is 10.2. The first-order chi connectivity index (χ1) is 11.9. The summed E-state index contributed by atoms with van der Waals surface area (Å²) in [6, 6.07) is 0. The lowest BCUT2D eigenvalue weighted by Gasteiger charge is -2.42. The van der Waals surface area contributed by atoms with Gasteiger partial charge in [-0.3, -0.25) is 13.9 Å². The fourth-order valence-corrected chi connectivity index (χ4v) is 4.11. The summed E-state index contributed by atoms with van der Waals surface area (Å²) in [4.78, 5) is 25.9. The molecule has 0 spiro atoms. The van der Waals surface area contributed by atoms with E-state index in [9.17, 15) is 9.59 Å². The fraction of sp³-hybridized carbons (Fsp3) is 0.895. The van der Waals surface area contributed by atoms with E-state index in [1.54, 1.807) is 6.82 Å². The lowest BCUT2D eigenvalue weighted by Crippen LogP contribution is -2.50. The Bertz CT molecular complexity index is 468. The van der Waals surface area contributed by atoms with Gasteiger partial charge >= 0.3 is 0 Å². The Kier molecular flexibility index (Phi) is 10.4. The predicted octanol–water partition coefficient (Wildman–Crippen LogP) is 4.29. The second-order valence-electron chi connectivity index (χ2n) is 8.37. The van der Waals surface area contributed by atoms with Crippen LogP contribution in [0.3, 0.4) is 0 Å². The Labute approximate surface area is 169 Å². The maximum Gasteiger partial charge on any atom is 0.233 e. The van der Waals surface area contributed by atoms with Crippen molar-refractivity contribution in [3.05, 3.63) is 0 Å². The number of amides is 2. The maximum absolute atomic E-state index is 13.0. The van der Waals surface area contributed by atoms with Crippen LogP contribution < -0.4 is 0 Å². The van der Waals surface area contributed by atoms with Crippen molar-refractivity contribution >= 4 is 40.0 Å². The lowest BCUT2D eigenvalue weighted by molar-refractivity contribution is -0.140. The molecule has 0 rings (SSSR count). The third-order valence-electron chi connectivity index (χ3n) is 5.81. The van der Waals surface area contributed by atoms with Crippen LogP contribution in [0.25, 0.3) is 0 Å². The summed E-state index contributed by atoms with van der Waals surface area (Å²) in [5, 5.41) is 0. The summed E-state index contributed by atoms with van der Waals surface area (Å²) in [5.41, 5.74) is -0.707. The molecule has 0 aliphatic carbocycles. The molecule has 0 heterocycles. The molecule has 0 bridgehead atoms. The van der Waals surface area contributed by atoms with E-state index >= 15 is 0 Å². The minimum Gasteiger partial charge on any atom is -0.444 e. The molecule has 1 unspecified atom stereocenters. The molecule has 0 saturated heterocycles. The molecule has 26 heavy (non-hydrogen) atoms. The first-order valence-electron chi connectivity index (χ1n) is 9.79. The van der Waals surface area contributed by atoms with Crippen molar-refractivity contribution in [1.82, 2.24) is 9.03 Å². The molecule has 0 aliphatic heterocycles. The molecular formula is C19H37B2N2O2S. The van der Waals surface area contributed by atoms with Crippen LogP contribution in [0.15, 0.2) is 0 Å². The number of carbonyl (C=O) groups is 2. The van der Waals surface area contributed by atoms with Crippen molar-refractivity contribution in [2.24, 2.45) is 17.3 Å². The second-order valence-corrected chi connectivity index (χ2v) is 8.77. The van der Waals surface area contributed by atoms with Crippen LogP contribution in [-0.4, -0.2) is 41.8 Å². The van der Waals surface area contributed by atoms with E-state index in [1.807, 2.05) is 27.7 Å². The molecule has 0 aromatic rings. The molecular weight excluding hydrogens is 342 g/mol. The van der Waals surface area contributed by atoms with Gasteiger partial charge in [0, 0.05) is 12.3 Å². The molecule has 4 nitrogen and oxygen atoms in total. The van der Waals surface area contributed by atoms with E-state index in [0.29, 0.717) is 5.92 Å². The summed E-state index contributed by atoms with van der Waals surface area (Å²) in [6.07, 6.45) is 3.84. The Morgan fingerprint density at radius 3 is 2.00 bits per heavy atom. The van der Waals surface area contributed by atoms with E-state index in [0.717, 1.165) is 30.4 Å². The predicted molar refractivity (Wildman–Crippen MR) is 115 cm³/mol. The summed E-state index contributed by atoms with van der Waals surface area (Å²) >= 11 is 4.54. The maximum atomic E-state index is 13.0. The van der Waals surface area contributed by atoms with Gasteiger partial charge in [0.05, 0.1) is 5.54 Å². The molecule has 147 valence electrons. The Hall–Kier alpha value is -0.580. The minimum absolute atomic E-state index is 0.112. The SMILES string of the molecule is [B]N([B]C)C(=O)C(CC(=O)N(S)C(C)(C)C(CC)CC)C(C)(C)CCC. The summed E-state index contributed by atoms with van der Waals surface area (Å²) in [6.45, 7) is 16.2. The normalized spacial score (nSPS) is 13.5. The van der Waals surface area contributed by atoms with Gasteiger partial charge in [-0.1, -0.05) is 73.5 Å². The van der Waals surface area contributed by atoms with Gasteiger partial charge in [0.25, 0.3) is 0 Å². The largest absolute Gasteiger partial charge is 0.444 e. The Morgan fingerprint density at radius 1 is 1.12 bits per heavy atom. The van der Waals surface area contributed by atoms with E-state index in [4.69, 9.17) is 7.98 Å². The molecule has 0 N–H and O–H groups in total. The van der Waals surface area contributed by atoms with Crippen molar-refractivity contribution in [3.8, 4) is 0 Å². The molecule has 7 heteroatoms. The highest BCUT2D eigenvalue weighted by Crippen LogP contribution is 2.38. The number of carbonyl (C=O) groups excluding carboxylic acids is 2. The molecule has 1 atom stereocenters. The zero-order valence-corrected chi connectivity index (χ0v) is 18.9. The van der Waals surface area contributed by atoms with Crippen LogP contribution in [-0.2, 0) is 9.59 Å². The number of hydrogen-bond donors (Lipinski definition) is 1. The van der Waals surface area contributed by atoms with Crippen LogP contribution in [0, 0.1) is 17.3 Å². The Morgan fingerprint density at radius 2 is 1.62 bits per heavy atom. The second kappa shape index (κ2) is 10.7. The van der Waals surface area contributed by atoms with Crippen LogP contribution in [0.2, 0.25) is 6.82 Å². The number of rotatable bonds is 11. The third kappa shape index (κ3) is 6.24. The monoisotopic (exact) mass is 379 g/mol. The van der Waals surface area contributed by atoms with Crippen molar-refractivity contribution in [1.29, 1.82) is 0 Å². The highest BCUT2D eigenvalue weighted by Gasteiger charge is 2.41. The lowest BCUT2D eigenvalue weighted by atomic mass is 9.71. The van der Waals surface area contributed by atoms with Gasteiger partial charge in [0.1, 0.15) is 0 Å². The van der Waals surface area contributed by atoms with Crippen LogP contribution in [0.4, 0.5) is 0 Å². The first kappa shape index (κ1) is 25.4. The van der Waals surface area contributed by atoms with Crippen molar-refractivity contribution in [2.75, 3.05) is 0 Å². The number of nitrogens with zero attached hydrogens (tertiary/aromatic N) is 2. The van der Waals surface area contributed by atoms with E-state index in [1.165, 1.54) is 11.7 Å². The van der Waals surface area contributed by atoms with Crippen LogP contribution in [0.5, 0.6) is 0 Å². The fourth-order valence-electron chi connectivity index (χ4n) is 3.87. The van der Waals surface area contributed by atoms with Gasteiger partial charge in [0.2, 0.25) is 27.2 Å². The molecule has 0 saturated carbocycles. The zero-order valence-electron chi connectivity index (χ0n) is 18.0. The summed E-state index contributed by atoms with van der Waals surface area (Å²) in [7, 11) is 7.36. The van der Waals surface area contributed by atoms with E-state index < -0.39 is 5.92 Å². The molecule has 0 aromatic heterocycles. The van der Waals surface area contributed by atoms with Crippen molar-refractivity contribution < 1.29 is 9.59 Å². The van der Waals surface area contributed by atoms with Gasteiger partial charge in [-0.2, -0.15) is 0 Å². The smallest absolute Gasteiger partial charge is 0.233 e. The van der Waals surface area contributed by atoms with Gasteiger partial charge in [-0.05, 0) is 31.6 Å². The topological polar surface area (TPSA) is 40.6 Å². The quantitative estimate of drug-likeness (QED) is 0.430. The molecule has 2 amide bonds. The van der Waals surface area contributed by atoms with Crippen molar-refractivity contribution in [2.45, 2.75) is 92.9 Å². The van der Waals surface area contributed by atoms with Crippen LogP contribution in [0.1, 0.15) is 80.6 Å². The highest BCUT2D eigenvalue weighted by atomic mass is 32.1. The third-order valence-corrected chi connectivity index (χ3v) is 6.55. The molecule has 0 fully saturated rings. The van der Waals surface area contributed by atoms with Gasteiger partial charge in [-0.25, -0.2) is 0 Å². The molecule has 0 aliphatic rings. The number of hydrogen-bond acceptors (Lipinski definition) is 3.